The summed E-state index contributed by atoms with van der Waals surface area (Å²) in [5.74, 6) is 0.668. The number of rotatable bonds is 20. The molecule has 2 aromatic heterocycles. The van der Waals surface area contributed by atoms with Gasteiger partial charge in [0.15, 0.2) is 17.4 Å². The predicted molar refractivity (Wildman–Crippen MR) is 235 cm³/mol. The first-order valence-electron chi connectivity index (χ1n) is 20.6. The second-order valence-electron chi connectivity index (χ2n) is 15.8. The molecule has 1 amide bonds. The molecule has 0 spiro atoms. The Hall–Kier alpha value is -5.24. The topological polar surface area (TPSA) is 184 Å². The normalized spacial score (nSPS) is 17.4. The van der Waals surface area contributed by atoms with Crippen molar-refractivity contribution < 1.29 is 37.5 Å². The number of amides is 1. The van der Waals surface area contributed by atoms with E-state index < -0.39 is 31.5 Å². The molecular formula is C45H56N7O9P. The Labute approximate surface area is 363 Å². The van der Waals surface area contributed by atoms with Crippen molar-refractivity contribution in [3.05, 3.63) is 112 Å². The van der Waals surface area contributed by atoms with Gasteiger partial charge in [0.25, 0.3) is 14.1 Å². The highest BCUT2D eigenvalue weighted by molar-refractivity contribution is 7.44. The number of ether oxygens (including phenoxy) is 5. The van der Waals surface area contributed by atoms with Crippen LogP contribution in [0, 0.1) is 17.2 Å². The minimum absolute atomic E-state index is 0.0214. The Bertz CT molecular complexity index is 2280. The fourth-order valence-corrected chi connectivity index (χ4v) is 8.98. The third kappa shape index (κ3) is 10.3. The number of hydrogen-bond acceptors (Lipinski definition) is 13. The van der Waals surface area contributed by atoms with Crippen LogP contribution in [0.25, 0.3) is 11.2 Å². The summed E-state index contributed by atoms with van der Waals surface area (Å²) in [7, 11) is 1.53. The quantitative estimate of drug-likeness (QED) is 0.0451. The number of nitrogens with one attached hydrogen (secondary N) is 2. The monoisotopic (exact) mass is 869 g/mol. The molecule has 1 saturated heterocycles. The number of nitriles is 1. The molecule has 0 bridgehead atoms. The standard InChI is InChI=1S/C45H56N7O9P/c1-30(2)41(53)49-43-48-40-39(42(54)50-43)47-29-51(40)38-25-57-26-44(61-38,28-60-62(59-24-12-23-46)52(31(3)4)32(5)6)27-58-45(33-13-10-9-11-14-33,34-15-19-36(55-7)20-16-34)35-17-21-37(56-8)22-18-35/h9-11,13-22,29-32,38H,12,24-28H2,1-8H3,(H2,48,49,50,53,54)/t38-,44+,62?/m1/s1. The Morgan fingerprint density at radius 1 is 0.952 bits per heavy atom. The van der Waals surface area contributed by atoms with Gasteiger partial charge < -0.3 is 32.7 Å². The molecule has 1 unspecified atom stereocenters. The Kier molecular flexibility index (Phi) is 15.5. The lowest BCUT2D eigenvalue weighted by atomic mass is 9.79. The summed E-state index contributed by atoms with van der Waals surface area (Å²) >= 11 is 0. The van der Waals surface area contributed by atoms with E-state index in [2.05, 4.69) is 58.7 Å². The molecule has 1 aliphatic heterocycles. The van der Waals surface area contributed by atoms with Gasteiger partial charge in [-0.05, 0) is 68.7 Å². The Morgan fingerprint density at radius 3 is 2.13 bits per heavy atom. The number of benzene rings is 3. The van der Waals surface area contributed by atoms with Crippen LogP contribution in [0.2, 0.25) is 0 Å². The average molecular weight is 870 g/mol. The third-order valence-corrected chi connectivity index (χ3v) is 12.4. The van der Waals surface area contributed by atoms with Crippen LogP contribution >= 0.6 is 8.53 Å². The molecule has 6 rings (SSSR count). The van der Waals surface area contributed by atoms with Crippen molar-refractivity contribution in [1.82, 2.24) is 24.2 Å². The summed E-state index contributed by atoms with van der Waals surface area (Å²) in [6, 6.07) is 27.6. The highest BCUT2D eigenvalue weighted by Crippen LogP contribution is 2.48. The lowest BCUT2D eigenvalue weighted by molar-refractivity contribution is -0.257. The van der Waals surface area contributed by atoms with Gasteiger partial charge in [0.05, 0.1) is 66.1 Å². The minimum Gasteiger partial charge on any atom is -0.497 e. The largest absolute Gasteiger partial charge is 0.497 e. The third-order valence-electron chi connectivity index (χ3n) is 10.3. The number of carbonyl (C=O) groups excluding carboxylic acids is 1. The highest BCUT2D eigenvalue weighted by Gasteiger charge is 2.47. The molecule has 330 valence electrons. The van der Waals surface area contributed by atoms with Crippen molar-refractivity contribution in [2.45, 2.75) is 77.5 Å². The van der Waals surface area contributed by atoms with Crippen molar-refractivity contribution in [3.63, 3.8) is 0 Å². The molecule has 62 heavy (non-hydrogen) atoms. The fraction of sp³-hybridized carbons (Fsp3) is 0.444. The van der Waals surface area contributed by atoms with Crippen molar-refractivity contribution in [3.8, 4) is 17.6 Å². The van der Waals surface area contributed by atoms with Crippen LogP contribution < -0.4 is 20.3 Å². The van der Waals surface area contributed by atoms with Crippen LogP contribution in [0.4, 0.5) is 5.95 Å². The number of aromatic nitrogens is 4. The molecular weight excluding hydrogens is 814 g/mol. The van der Waals surface area contributed by atoms with E-state index in [1.54, 1.807) is 32.6 Å². The smallest absolute Gasteiger partial charge is 0.280 e. The molecule has 0 saturated carbocycles. The van der Waals surface area contributed by atoms with E-state index in [9.17, 15) is 14.9 Å². The lowest BCUT2D eigenvalue weighted by Crippen LogP contribution is -2.54. The molecule has 2 N–H and O–H groups in total. The van der Waals surface area contributed by atoms with Crippen LogP contribution in [0.5, 0.6) is 11.5 Å². The Balaban J connectivity index is 1.47. The molecule has 1 aliphatic rings. The van der Waals surface area contributed by atoms with Crippen LogP contribution in [-0.2, 0) is 33.7 Å². The number of H-pyrrole nitrogens is 1. The average Bonchev–Trinajstić information content (AvgIpc) is 3.71. The first-order chi connectivity index (χ1) is 29.8. The maximum absolute atomic E-state index is 13.2. The SMILES string of the molecule is COc1ccc(C(OC[C@]2(COP(OCCC#N)N(C(C)C)C(C)C)COC[C@H](n3cnc4c(=O)[nH]c(NC(=O)C(C)C)nc43)O2)(c2ccccc2)c2ccc(OC)cc2)cc1. The number of aromatic amines is 1. The maximum Gasteiger partial charge on any atom is 0.280 e. The molecule has 0 aliphatic carbocycles. The van der Waals surface area contributed by atoms with E-state index in [1.807, 2.05) is 78.9 Å². The second-order valence-corrected chi connectivity index (χ2v) is 17.2. The summed E-state index contributed by atoms with van der Waals surface area (Å²) < 4.78 is 49.0. The molecule has 0 radical (unpaired) electrons. The van der Waals surface area contributed by atoms with Gasteiger partial charge in [-0.15, -0.1) is 0 Å². The zero-order chi connectivity index (χ0) is 44.4. The zero-order valence-corrected chi connectivity index (χ0v) is 37.4. The lowest BCUT2D eigenvalue weighted by Gasteiger charge is -2.45. The van der Waals surface area contributed by atoms with Gasteiger partial charge in [0.1, 0.15) is 22.7 Å². The number of hydrogen-bond donors (Lipinski definition) is 2. The number of carbonyl (C=O) groups is 1. The molecule has 3 atom stereocenters. The van der Waals surface area contributed by atoms with Gasteiger partial charge in [0, 0.05) is 18.0 Å². The number of nitrogens with zero attached hydrogens (tertiary/aromatic N) is 5. The van der Waals surface area contributed by atoms with Gasteiger partial charge in [-0.3, -0.25) is 24.5 Å². The van der Waals surface area contributed by atoms with E-state index in [0.29, 0.717) is 11.5 Å². The van der Waals surface area contributed by atoms with Crippen molar-refractivity contribution in [2.75, 3.05) is 52.6 Å². The number of imidazole rings is 1. The summed E-state index contributed by atoms with van der Waals surface area (Å²) in [4.78, 5) is 37.5. The summed E-state index contributed by atoms with van der Waals surface area (Å²) in [5.41, 5.74) is -0.377. The zero-order valence-electron chi connectivity index (χ0n) is 36.5. The summed E-state index contributed by atoms with van der Waals surface area (Å²) in [6.07, 6.45) is 0.770. The minimum atomic E-state index is -1.72. The molecule has 3 aromatic carbocycles. The molecule has 3 heterocycles. The van der Waals surface area contributed by atoms with E-state index >= 15 is 0 Å². The van der Waals surface area contributed by atoms with Crippen LogP contribution in [0.1, 0.15) is 70.9 Å². The second kappa shape index (κ2) is 20.8. The van der Waals surface area contributed by atoms with Crippen molar-refractivity contribution in [1.29, 1.82) is 5.26 Å². The van der Waals surface area contributed by atoms with E-state index in [-0.39, 0.29) is 80.5 Å². The summed E-state index contributed by atoms with van der Waals surface area (Å²) in [5, 5.41) is 12.1. The molecule has 5 aromatic rings. The van der Waals surface area contributed by atoms with Gasteiger partial charge in [-0.2, -0.15) is 10.2 Å². The molecule has 1 fully saturated rings. The molecule has 16 nitrogen and oxygen atoms in total. The van der Waals surface area contributed by atoms with Gasteiger partial charge in [0.2, 0.25) is 11.9 Å². The van der Waals surface area contributed by atoms with Crippen LogP contribution in [0.3, 0.4) is 0 Å². The maximum atomic E-state index is 13.2. The highest BCUT2D eigenvalue weighted by atomic mass is 31.2. The van der Waals surface area contributed by atoms with Gasteiger partial charge in [-0.1, -0.05) is 68.4 Å². The predicted octanol–water partition coefficient (Wildman–Crippen LogP) is 7.32. The van der Waals surface area contributed by atoms with Gasteiger partial charge >= 0.3 is 0 Å². The fourth-order valence-electron chi connectivity index (χ4n) is 7.29. The molecule has 17 heteroatoms. The first-order valence-corrected chi connectivity index (χ1v) is 21.7. The van der Waals surface area contributed by atoms with E-state index in [4.69, 9.17) is 32.7 Å². The van der Waals surface area contributed by atoms with Crippen LogP contribution in [-0.4, -0.2) is 95.0 Å². The Morgan fingerprint density at radius 2 is 1.56 bits per heavy atom. The van der Waals surface area contributed by atoms with Crippen molar-refractivity contribution >= 4 is 31.5 Å². The number of anilines is 1. The van der Waals surface area contributed by atoms with E-state index in [0.717, 1.165) is 16.7 Å². The number of methoxy groups -OCH3 is 2. The summed E-state index contributed by atoms with van der Waals surface area (Å²) in [6.45, 7) is 11.9. The number of fused-ring (bicyclic) bond motifs is 1. The first kappa shape index (κ1) is 46.3. The van der Waals surface area contributed by atoms with Crippen molar-refractivity contribution in [2.24, 2.45) is 5.92 Å². The van der Waals surface area contributed by atoms with Crippen LogP contribution in [0.15, 0.2) is 90.0 Å². The van der Waals surface area contributed by atoms with Gasteiger partial charge in [-0.25, -0.2) is 9.65 Å². The van der Waals surface area contributed by atoms with E-state index in [1.165, 1.54) is 6.33 Å².